The van der Waals surface area contributed by atoms with Gasteiger partial charge in [0.2, 0.25) is 0 Å². The molecule has 1 atom stereocenters. The molecule has 1 aromatic carbocycles. The summed E-state index contributed by atoms with van der Waals surface area (Å²) in [6.07, 6.45) is 3.32. The van der Waals surface area contributed by atoms with Gasteiger partial charge in [0.15, 0.2) is 0 Å². The van der Waals surface area contributed by atoms with Gasteiger partial charge in [-0.05, 0) is 38.1 Å². The Bertz CT molecular complexity index is 328. The largest absolute Gasteiger partial charge is 0.328 e. The van der Waals surface area contributed by atoms with E-state index in [0.717, 1.165) is 37.4 Å². The van der Waals surface area contributed by atoms with Crippen molar-refractivity contribution in [2.45, 2.75) is 38.8 Å². The van der Waals surface area contributed by atoms with E-state index < -0.39 is 0 Å². The highest BCUT2D eigenvalue weighted by molar-refractivity contribution is 6.31. The van der Waals surface area contributed by atoms with Crippen molar-refractivity contribution in [2.24, 2.45) is 5.73 Å². The lowest BCUT2D eigenvalue weighted by atomic mass is 10.1. The van der Waals surface area contributed by atoms with Gasteiger partial charge >= 0.3 is 0 Å². The van der Waals surface area contributed by atoms with Gasteiger partial charge in [-0.1, -0.05) is 43.1 Å². The Kier molecular flexibility index (Phi) is 6.56. The van der Waals surface area contributed by atoms with Crippen molar-refractivity contribution < 1.29 is 0 Å². The Morgan fingerprint density at radius 2 is 2.00 bits per heavy atom. The first kappa shape index (κ1) is 14.5. The van der Waals surface area contributed by atoms with Gasteiger partial charge in [-0.25, -0.2) is 0 Å². The first-order valence-electron chi connectivity index (χ1n) is 6.31. The number of benzene rings is 1. The second-order valence-electron chi connectivity index (χ2n) is 4.67. The molecule has 0 spiro atoms. The van der Waals surface area contributed by atoms with E-state index in [1.54, 1.807) is 0 Å². The lowest BCUT2D eigenvalue weighted by molar-refractivity contribution is 0.307. The SMILES string of the molecule is CCCC(N)CCN(C)Cc1ccccc1Cl. The Balaban J connectivity index is 2.34. The minimum atomic E-state index is 0.327. The van der Waals surface area contributed by atoms with Crippen LogP contribution in [0.1, 0.15) is 31.7 Å². The van der Waals surface area contributed by atoms with Crippen LogP contribution in [0.5, 0.6) is 0 Å². The van der Waals surface area contributed by atoms with E-state index in [0.29, 0.717) is 6.04 Å². The fraction of sp³-hybridized carbons (Fsp3) is 0.571. The van der Waals surface area contributed by atoms with Crippen molar-refractivity contribution in [2.75, 3.05) is 13.6 Å². The van der Waals surface area contributed by atoms with Crippen LogP contribution in [0.2, 0.25) is 5.02 Å². The molecule has 2 N–H and O–H groups in total. The quantitative estimate of drug-likeness (QED) is 0.809. The molecular formula is C14H23ClN2. The maximum absolute atomic E-state index is 6.13. The van der Waals surface area contributed by atoms with E-state index in [1.807, 2.05) is 18.2 Å². The Morgan fingerprint density at radius 1 is 1.29 bits per heavy atom. The summed E-state index contributed by atoms with van der Waals surface area (Å²) >= 11 is 6.13. The van der Waals surface area contributed by atoms with Gasteiger partial charge in [-0.15, -0.1) is 0 Å². The normalized spacial score (nSPS) is 13.0. The van der Waals surface area contributed by atoms with Crippen molar-refractivity contribution >= 4 is 11.6 Å². The molecule has 0 saturated carbocycles. The highest BCUT2D eigenvalue weighted by atomic mass is 35.5. The third kappa shape index (κ3) is 5.53. The molecule has 0 aliphatic heterocycles. The second kappa shape index (κ2) is 7.70. The van der Waals surface area contributed by atoms with Gasteiger partial charge in [0.05, 0.1) is 0 Å². The molecule has 17 heavy (non-hydrogen) atoms. The van der Waals surface area contributed by atoms with Gasteiger partial charge in [-0.3, -0.25) is 0 Å². The van der Waals surface area contributed by atoms with E-state index in [-0.39, 0.29) is 0 Å². The molecule has 0 heterocycles. The van der Waals surface area contributed by atoms with E-state index in [9.17, 15) is 0 Å². The minimum Gasteiger partial charge on any atom is -0.328 e. The van der Waals surface area contributed by atoms with Crippen molar-refractivity contribution in [3.05, 3.63) is 34.9 Å². The Hall–Kier alpha value is -0.570. The van der Waals surface area contributed by atoms with Crippen LogP contribution in [-0.2, 0) is 6.54 Å². The van der Waals surface area contributed by atoms with Crippen LogP contribution in [0.3, 0.4) is 0 Å². The van der Waals surface area contributed by atoms with Crippen LogP contribution < -0.4 is 5.73 Å². The molecule has 1 aromatic rings. The molecule has 0 bridgehead atoms. The number of hydrogen-bond acceptors (Lipinski definition) is 2. The van der Waals surface area contributed by atoms with E-state index in [1.165, 1.54) is 5.56 Å². The number of hydrogen-bond donors (Lipinski definition) is 1. The van der Waals surface area contributed by atoms with Crippen molar-refractivity contribution in [3.63, 3.8) is 0 Å². The topological polar surface area (TPSA) is 29.3 Å². The maximum Gasteiger partial charge on any atom is 0.0451 e. The molecule has 0 amide bonds. The van der Waals surface area contributed by atoms with Crippen LogP contribution in [0.25, 0.3) is 0 Å². The third-order valence-electron chi connectivity index (χ3n) is 2.94. The summed E-state index contributed by atoms with van der Waals surface area (Å²) < 4.78 is 0. The summed E-state index contributed by atoms with van der Waals surface area (Å²) in [7, 11) is 2.11. The molecule has 0 aliphatic rings. The van der Waals surface area contributed by atoms with Crippen LogP contribution in [0.15, 0.2) is 24.3 Å². The minimum absolute atomic E-state index is 0.327. The number of halogens is 1. The zero-order chi connectivity index (χ0) is 12.7. The monoisotopic (exact) mass is 254 g/mol. The molecule has 3 heteroatoms. The first-order valence-corrected chi connectivity index (χ1v) is 6.68. The first-order chi connectivity index (χ1) is 8.13. The van der Waals surface area contributed by atoms with E-state index in [4.69, 9.17) is 17.3 Å². The lowest BCUT2D eigenvalue weighted by Gasteiger charge is -2.19. The fourth-order valence-corrected chi connectivity index (χ4v) is 2.09. The maximum atomic E-state index is 6.13. The highest BCUT2D eigenvalue weighted by Crippen LogP contribution is 2.16. The van der Waals surface area contributed by atoms with Crippen molar-refractivity contribution in [1.82, 2.24) is 4.90 Å². The van der Waals surface area contributed by atoms with Crippen molar-refractivity contribution in [3.8, 4) is 0 Å². The van der Waals surface area contributed by atoms with Gasteiger partial charge in [0, 0.05) is 17.6 Å². The molecule has 0 radical (unpaired) electrons. The van der Waals surface area contributed by atoms with E-state index >= 15 is 0 Å². The summed E-state index contributed by atoms with van der Waals surface area (Å²) in [6.45, 7) is 4.08. The standard InChI is InChI=1S/C14H23ClN2/c1-3-6-13(16)9-10-17(2)11-12-7-4-5-8-14(12)15/h4-5,7-8,13H,3,6,9-11,16H2,1-2H3. The number of nitrogens with zero attached hydrogens (tertiary/aromatic N) is 1. The van der Waals surface area contributed by atoms with Gasteiger partial charge < -0.3 is 10.6 Å². The molecule has 96 valence electrons. The summed E-state index contributed by atoms with van der Waals surface area (Å²) in [5.41, 5.74) is 7.18. The molecule has 0 aliphatic carbocycles. The summed E-state index contributed by atoms with van der Waals surface area (Å²) in [6, 6.07) is 8.33. The summed E-state index contributed by atoms with van der Waals surface area (Å²) in [4.78, 5) is 2.27. The molecule has 0 aromatic heterocycles. The molecule has 1 unspecified atom stereocenters. The van der Waals surface area contributed by atoms with E-state index in [2.05, 4.69) is 24.9 Å². The zero-order valence-corrected chi connectivity index (χ0v) is 11.6. The number of rotatable bonds is 7. The molecule has 0 fully saturated rings. The summed E-state index contributed by atoms with van der Waals surface area (Å²) in [5.74, 6) is 0. The smallest absolute Gasteiger partial charge is 0.0451 e. The summed E-state index contributed by atoms with van der Waals surface area (Å²) in [5, 5.41) is 0.845. The van der Waals surface area contributed by atoms with Gasteiger partial charge in [-0.2, -0.15) is 0 Å². The third-order valence-corrected chi connectivity index (χ3v) is 3.31. The molecule has 1 rings (SSSR count). The van der Waals surface area contributed by atoms with Gasteiger partial charge in [0.25, 0.3) is 0 Å². The van der Waals surface area contributed by atoms with Gasteiger partial charge in [0.1, 0.15) is 0 Å². The van der Waals surface area contributed by atoms with Crippen LogP contribution in [-0.4, -0.2) is 24.5 Å². The predicted molar refractivity (Wildman–Crippen MR) is 75.3 cm³/mol. The predicted octanol–water partition coefficient (Wildman–Crippen LogP) is 3.29. The highest BCUT2D eigenvalue weighted by Gasteiger charge is 2.06. The lowest BCUT2D eigenvalue weighted by Crippen LogP contribution is -2.27. The average Bonchev–Trinajstić information content (AvgIpc) is 2.30. The molecule has 2 nitrogen and oxygen atoms in total. The average molecular weight is 255 g/mol. The van der Waals surface area contributed by atoms with Crippen LogP contribution in [0.4, 0.5) is 0 Å². The second-order valence-corrected chi connectivity index (χ2v) is 5.07. The molecular weight excluding hydrogens is 232 g/mol. The zero-order valence-electron chi connectivity index (χ0n) is 10.8. The van der Waals surface area contributed by atoms with Crippen LogP contribution in [0, 0.1) is 0 Å². The molecule has 0 saturated heterocycles. The Labute approximate surface area is 110 Å². The fourth-order valence-electron chi connectivity index (χ4n) is 1.90. The number of nitrogens with two attached hydrogens (primary N) is 1. The van der Waals surface area contributed by atoms with Crippen molar-refractivity contribution in [1.29, 1.82) is 0 Å². The Morgan fingerprint density at radius 3 is 2.65 bits per heavy atom. The van der Waals surface area contributed by atoms with Crippen LogP contribution >= 0.6 is 11.6 Å².